The Morgan fingerprint density at radius 2 is 1.95 bits per heavy atom. The number of likely N-dealkylation sites (tertiary alicyclic amines) is 1. The summed E-state index contributed by atoms with van der Waals surface area (Å²) in [4.78, 5) is 14.6. The molecule has 1 N–H and O–H groups in total. The minimum absolute atomic E-state index is 0.215. The van der Waals surface area contributed by atoms with Crippen molar-refractivity contribution in [3.8, 4) is 0 Å². The van der Waals surface area contributed by atoms with Crippen LogP contribution in [0.5, 0.6) is 0 Å². The molecular weight excluding hydrogens is 272 g/mol. The van der Waals surface area contributed by atoms with E-state index in [0.717, 1.165) is 25.9 Å². The lowest BCUT2D eigenvalue weighted by molar-refractivity contribution is -0.123. The molecule has 1 amide bonds. The molecule has 1 aromatic carbocycles. The van der Waals surface area contributed by atoms with Gasteiger partial charge in [-0.25, -0.2) is 0 Å². The van der Waals surface area contributed by atoms with Gasteiger partial charge in [-0.05, 0) is 43.2 Å². The van der Waals surface area contributed by atoms with Crippen molar-refractivity contribution in [2.45, 2.75) is 51.0 Å². The van der Waals surface area contributed by atoms with Gasteiger partial charge in [0.25, 0.3) is 0 Å². The molecule has 1 heterocycles. The van der Waals surface area contributed by atoms with E-state index in [9.17, 15) is 4.79 Å². The number of hydrogen-bond donors (Lipinski definition) is 1. The van der Waals surface area contributed by atoms with Crippen LogP contribution in [0.25, 0.3) is 0 Å². The molecule has 0 bridgehead atoms. The summed E-state index contributed by atoms with van der Waals surface area (Å²) in [5.74, 6) is 1.43. The molecule has 22 heavy (non-hydrogen) atoms. The lowest BCUT2D eigenvalue weighted by Crippen LogP contribution is -2.45. The third-order valence-electron chi connectivity index (χ3n) is 5.37. The average Bonchev–Trinajstić information content (AvgIpc) is 2.99. The smallest absolute Gasteiger partial charge is 0.234 e. The van der Waals surface area contributed by atoms with Crippen molar-refractivity contribution < 1.29 is 4.79 Å². The van der Waals surface area contributed by atoms with Crippen LogP contribution in [-0.4, -0.2) is 36.5 Å². The van der Waals surface area contributed by atoms with Gasteiger partial charge in [0.1, 0.15) is 0 Å². The minimum Gasteiger partial charge on any atom is -0.352 e. The third-order valence-corrected chi connectivity index (χ3v) is 5.37. The molecule has 0 spiro atoms. The molecule has 1 saturated heterocycles. The van der Waals surface area contributed by atoms with Crippen LogP contribution in [0.1, 0.15) is 50.5 Å². The van der Waals surface area contributed by atoms with Crippen molar-refractivity contribution in [2.75, 3.05) is 19.6 Å². The van der Waals surface area contributed by atoms with Gasteiger partial charge >= 0.3 is 0 Å². The fraction of sp³-hybridized carbons (Fsp3) is 0.632. The van der Waals surface area contributed by atoms with Crippen LogP contribution in [0.15, 0.2) is 30.3 Å². The molecule has 3 atom stereocenters. The van der Waals surface area contributed by atoms with Gasteiger partial charge in [0.05, 0.1) is 6.54 Å². The number of benzene rings is 1. The van der Waals surface area contributed by atoms with Crippen molar-refractivity contribution in [1.29, 1.82) is 0 Å². The van der Waals surface area contributed by atoms with Crippen molar-refractivity contribution in [3.05, 3.63) is 35.9 Å². The van der Waals surface area contributed by atoms with Crippen LogP contribution in [-0.2, 0) is 4.79 Å². The summed E-state index contributed by atoms with van der Waals surface area (Å²) in [6, 6.07) is 11.1. The fourth-order valence-corrected chi connectivity index (χ4v) is 3.96. The number of amides is 1. The molecule has 3 rings (SSSR count). The monoisotopic (exact) mass is 300 g/mol. The summed E-state index contributed by atoms with van der Waals surface area (Å²) >= 11 is 0. The van der Waals surface area contributed by atoms with Gasteiger partial charge < -0.3 is 5.32 Å². The van der Waals surface area contributed by atoms with E-state index in [1.54, 1.807) is 0 Å². The molecule has 2 aliphatic rings. The zero-order chi connectivity index (χ0) is 15.4. The molecule has 0 aromatic heterocycles. The van der Waals surface area contributed by atoms with Crippen molar-refractivity contribution >= 4 is 5.91 Å². The highest BCUT2D eigenvalue weighted by molar-refractivity contribution is 5.78. The molecule has 120 valence electrons. The van der Waals surface area contributed by atoms with Crippen LogP contribution in [0.2, 0.25) is 0 Å². The molecule has 0 unspecified atom stereocenters. The first-order valence-electron chi connectivity index (χ1n) is 8.79. The van der Waals surface area contributed by atoms with Gasteiger partial charge in [-0.1, -0.05) is 50.1 Å². The summed E-state index contributed by atoms with van der Waals surface area (Å²) < 4.78 is 0. The predicted molar refractivity (Wildman–Crippen MR) is 89.8 cm³/mol. The van der Waals surface area contributed by atoms with E-state index in [0.29, 0.717) is 24.4 Å². The highest BCUT2D eigenvalue weighted by atomic mass is 16.2. The molecular formula is C19H28N2O. The lowest BCUT2D eigenvalue weighted by atomic mass is 9.86. The summed E-state index contributed by atoms with van der Waals surface area (Å²) in [5.41, 5.74) is 1.41. The second kappa shape index (κ2) is 7.28. The normalized spacial score (nSPS) is 29.4. The second-order valence-corrected chi connectivity index (χ2v) is 7.07. The van der Waals surface area contributed by atoms with Crippen molar-refractivity contribution in [1.82, 2.24) is 10.2 Å². The van der Waals surface area contributed by atoms with Crippen LogP contribution in [0.4, 0.5) is 0 Å². The molecule has 1 saturated carbocycles. The van der Waals surface area contributed by atoms with Gasteiger partial charge in [0.2, 0.25) is 5.91 Å². The largest absolute Gasteiger partial charge is 0.352 e. The topological polar surface area (TPSA) is 32.3 Å². The second-order valence-electron chi connectivity index (χ2n) is 7.07. The van der Waals surface area contributed by atoms with Gasteiger partial charge in [0, 0.05) is 12.6 Å². The number of nitrogens with zero attached hydrogens (tertiary/aromatic N) is 1. The zero-order valence-corrected chi connectivity index (χ0v) is 13.6. The van der Waals surface area contributed by atoms with Gasteiger partial charge in [-0.3, -0.25) is 9.69 Å². The lowest BCUT2D eigenvalue weighted by Gasteiger charge is -2.30. The maximum Gasteiger partial charge on any atom is 0.234 e. The maximum atomic E-state index is 12.3. The summed E-state index contributed by atoms with van der Waals surface area (Å²) in [5, 5.41) is 3.27. The molecule has 3 nitrogen and oxygen atoms in total. The van der Waals surface area contributed by atoms with Crippen molar-refractivity contribution in [3.63, 3.8) is 0 Å². The Hall–Kier alpha value is -1.35. The van der Waals surface area contributed by atoms with Gasteiger partial charge in [-0.15, -0.1) is 0 Å². The number of nitrogens with one attached hydrogen (secondary N) is 1. The predicted octanol–water partition coefficient (Wildman–Crippen LogP) is 3.17. The molecule has 1 aliphatic carbocycles. The average molecular weight is 300 g/mol. The van der Waals surface area contributed by atoms with Crippen LogP contribution in [0, 0.1) is 5.92 Å². The molecule has 1 aliphatic heterocycles. The SMILES string of the molecule is C[C@@H]1CCCC[C@H]1NC(=O)CN1CC[C@@H](c2ccccc2)C1. The standard InChI is InChI=1S/C19H28N2O/c1-15-7-5-6-10-18(15)20-19(22)14-21-12-11-17(13-21)16-8-3-2-4-9-16/h2-4,8-9,15,17-18H,5-7,10-14H2,1H3,(H,20,22)/t15-,17-,18-/m1/s1. The maximum absolute atomic E-state index is 12.3. The Balaban J connectivity index is 1.46. The fourth-order valence-electron chi connectivity index (χ4n) is 3.96. The van der Waals surface area contributed by atoms with Crippen LogP contribution in [0.3, 0.4) is 0 Å². The Morgan fingerprint density at radius 1 is 1.18 bits per heavy atom. The first-order valence-corrected chi connectivity index (χ1v) is 8.79. The molecule has 1 aromatic rings. The van der Waals surface area contributed by atoms with E-state index in [1.165, 1.54) is 24.8 Å². The van der Waals surface area contributed by atoms with Gasteiger partial charge in [0.15, 0.2) is 0 Å². The molecule has 2 fully saturated rings. The Morgan fingerprint density at radius 3 is 2.73 bits per heavy atom. The number of carbonyl (C=O) groups excluding carboxylic acids is 1. The third kappa shape index (κ3) is 3.89. The van der Waals surface area contributed by atoms with Crippen LogP contribution >= 0.6 is 0 Å². The first kappa shape index (κ1) is 15.5. The van der Waals surface area contributed by atoms with E-state index in [-0.39, 0.29) is 5.91 Å². The Kier molecular flexibility index (Phi) is 5.14. The molecule has 3 heteroatoms. The Labute approximate surface area is 134 Å². The van der Waals surface area contributed by atoms with E-state index >= 15 is 0 Å². The minimum atomic E-state index is 0.215. The van der Waals surface area contributed by atoms with Gasteiger partial charge in [-0.2, -0.15) is 0 Å². The number of carbonyl (C=O) groups is 1. The number of rotatable bonds is 4. The van der Waals surface area contributed by atoms with Crippen molar-refractivity contribution in [2.24, 2.45) is 5.92 Å². The highest BCUT2D eigenvalue weighted by Gasteiger charge is 2.27. The quantitative estimate of drug-likeness (QED) is 0.926. The highest BCUT2D eigenvalue weighted by Crippen LogP contribution is 2.27. The summed E-state index contributed by atoms with van der Waals surface area (Å²) in [6.07, 6.45) is 6.15. The van der Waals surface area contributed by atoms with E-state index in [4.69, 9.17) is 0 Å². The molecule has 0 radical (unpaired) electrons. The van der Waals surface area contributed by atoms with E-state index in [2.05, 4.69) is 47.5 Å². The Bertz CT molecular complexity index is 487. The van der Waals surface area contributed by atoms with E-state index < -0.39 is 0 Å². The zero-order valence-electron chi connectivity index (χ0n) is 13.6. The summed E-state index contributed by atoms with van der Waals surface area (Å²) in [7, 11) is 0. The van der Waals surface area contributed by atoms with Crippen LogP contribution < -0.4 is 5.32 Å². The van der Waals surface area contributed by atoms with E-state index in [1.807, 2.05) is 0 Å². The summed E-state index contributed by atoms with van der Waals surface area (Å²) in [6.45, 7) is 4.88. The number of hydrogen-bond acceptors (Lipinski definition) is 2. The first-order chi connectivity index (χ1) is 10.7.